The van der Waals surface area contributed by atoms with Gasteiger partial charge in [-0.05, 0) is 42.0 Å². The fourth-order valence-electron chi connectivity index (χ4n) is 4.96. The van der Waals surface area contributed by atoms with Gasteiger partial charge in [-0.1, -0.05) is 55.5 Å². The van der Waals surface area contributed by atoms with Crippen molar-refractivity contribution in [3.63, 3.8) is 0 Å². The van der Waals surface area contributed by atoms with Crippen molar-refractivity contribution < 1.29 is 29.0 Å². The number of alkyl carbamates (subject to hydrolysis) is 1. The molecule has 2 aromatic rings. The zero-order valence-electron chi connectivity index (χ0n) is 20.2. The lowest BCUT2D eigenvalue weighted by Crippen LogP contribution is -2.61. The lowest BCUT2D eigenvalue weighted by molar-refractivity contribution is -0.150. The standard InChI is InChI=1S/C27H32N2O6/c1-3-27(2)17-34-15-14-29(27)25(32)23(12-13-24(30)31)28-26(33)35-16-22-20-10-6-4-8-18(20)19-9-5-7-11-21(19)22/h4-11,22-23H,3,12-17H2,1-2H3,(H,28,33)(H,30,31). The number of benzene rings is 2. The number of amides is 2. The summed E-state index contributed by atoms with van der Waals surface area (Å²) >= 11 is 0. The van der Waals surface area contributed by atoms with Crippen molar-refractivity contribution in [2.24, 2.45) is 0 Å². The van der Waals surface area contributed by atoms with E-state index in [0.29, 0.717) is 26.2 Å². The predicted octanol–water partition coefficient (Wildman–Crippen LogP) is 3.79. The summed E-state index contributed by atoms with van der Waals surface area (Å²) in [4.78, 5) is 39.2. The molecule has 0 radical (unpaired) electrons. The van der Waals surface area contributed by atoms with E-state index >= 15 is 0 Å². The molecule has 2 amide bonds. The largest absolute Gasteiger partial charge is 0.481 e. The number of fused-ring (bicyclic) bond motifs is 3. The first-order chi connectivity index (χ1) is 16.8. The van der Waals surface area contributed by atoms with Gasteiger partial charge in [0.05, 0.1) is 18.8 Å². The van der Waals surface area contributed by atoms with Crippen molar-refractivity contribution in [3.8, 4) is 11.1 Å². The summed E-state index contributed by atoms with van der Waals surface area (Å²) in [5, 5.41) is 11.8. The maximum atomic E-state index is 13.4. The smallest absolute Gasteiger partial charge is 0.407 e. The third-order valence-electron chi connectivity index (χ3n) is 7.13. The highest BCUT2D eigenvalue weighted by Crippen LogP contribution is 2.44. The molecule has 1 heterocycles. The third-order valence-corrected chi connectivity index (χ3v) is 7.13. The second-order valence-electron chi connectivity index (χ2n) is 9.35. The number of nitrogens with one attached hydrogen (secondary N) is 1. The van der Waals surface area contributed by atoms with Crippen LogP contribution >= 0.6 is 0 Å². The maximum absolute atomic E-state index is 13.4. The van der Waals surface area contributed by atoms with Crippen LogP contribution in [-0.2, 0) is 19.1 Å². The van der Waals surface area contributed by atoms with Crippen molar-refractivity contribution in [3.05, 3.63) is 59.7 Å². The number of carboxylic acid groups (broad SMARTS) is 1. The van der Waals surface area contributed by atoms with E-state index in [1.807, 2.05) is 50.2 Å². The Kier molecular flexibility index (Phi) is 7.40. The first-order valence-corrected chi connectivity index (χ1v) is 12.1. The van der Waals surface area contributed by atoms with Crippen LogP contribution in [0.25, 0.3) is 11.1 Å². The van der Waals surface area contributed by atoms with E-state index in [0.717, 1.165) is 22.3 Å². The van der Waals surface area contributed by atoms with Gasteiger partial charge >= 0.3 is 12.1 Å². The normalized spacial score (nSPS) is 20.0. The predicted molar refractivity (Wildman–Crippen MR) is 130 cm³/mol. The van der Waals surface area contributed by atoms with Crippen LogP contribution in [0.4, 0.5) is 4.79 Å². The third kappa shape index (κ3) is 5.17. The fourth-order valence-corrected chi connectivity index (χ4v) is 4.96. The second kappa shape index (κ2) is 10.5. The average Bonchev–Trinajstić information content (AvgIpc) is 3.18. The summed E-state index contributed by atoms with van der Waals surface area (Å²) in [6, 6.07) is 15.1. The van der Waals surface area contributed by atoms with Crippen LogP contribution in [0.3, 0.4) is 0 Å². The van der Waals surface area contributed by atoms with Crippen molar-refractivity contribution in [2.75, 3.05) is 26.4 Å². The molecule has 2 atom stereocenters. The molecule has 8 nitrogen and oxygen atoms in total. The van der Waals surface area contributed by atoms with Crippen LogP contribution < -0.4 is 5.32 Å². The van der Waals surface area contributed by atoms with Gasteiger partial charge in [0, 0.05) is 18.9 Å². The number of hydrogen-bond acceptors (Lipinski definition) is 5. The SMILES string of the molecule is CCC1(C)COCCN1C(=O)C(CCC(=O)O)NC(=O)OCC1c2ccccc2-c2ccccc21. The lowest BCUT2D eigenvalue weighted by atomic mass is 9.94. The maximum Gasteiger partial charge on any atom is 0.407 e. The Hall–Kier alpha value is -3.39. The quantitative estimate of drug-likeness (QED) is 0.596. The van der Waals surface area contributed by atoms with Crippen molar-refractivity contribution in [2.45, 2.75) is 50.6 Å². The summed E-state index contributed by atoms with van der Waals surface area (Å²) in [5.74, 6) is -1.45. The van der Waals surface area contributed by atoms with Crippen LogP contribution in [0.2, 0.25) is 0 Å². The zero-order chi connectivity index (χ0) is 25.0. The number of morpholine rings is 1. The van der Waals surface area contributed by atoms with Crippen molar-refractivity contribution >= 4 is 18.0 Å². The average molecular weight is 481 g/mol. The Morgan fingerprint density at radius 3 is 2.37 bits per heavy atom. The van der Waals surface area contributed by atoms with Gasteiger partial charge in [-0.3, -0.25) is 9.59 Å². The highest BCUT2D eigenvalue weighted by molar-refractivity contribution is 5.87. The fraction of sp³-hybridized carbons (Fsp3) is 0.444. The first kappa shape index (κ1) is 24.7. The molecule has 8 heteroatoms. The van der Waals surface area contributed by atoms with Crippen molar-refractivity contribution in [1.29, 1.82) is 0 Å². The Morgan fingerprint density at radius 1 is 1.14 bits per heavy atom. The summed E-state index contributed by atoms with van der Waals surface area (Å²) in [6.07, 6.45) is -0.319. The van der Waals surface area contributed by atoms with E-state index in [4.69, 9.17) is 9.47 Å². The summed E-state index contributed by atoms with van der Waals surface area (Å²) < 4.78 is 11.2. The molecule has 1 aliphatic carbocycles. The van der Waals surface area contributed by atoms with E-state index in [1.165, 1.54) is 0 Å². The molecule has 0 bridgehead atoms. The topological polar surface area (TPSA) is 105 Å². The van der Waals surface area contributed by atoms with Gasteiger partial charge < -0.3 is 24.8 Å². The highest BCUT2D eigenvalue weighted by atomic mass is 16.5. The molecule has 2 unspecified atom stereocenters. The molecule has 1 aliphatic heterocycles. The number of rotatable bonds is 8. The van der Waals surface area contributed by atoms with Gasteiger partial charge in [0.2, 0.25) is 5.91 Å². The number of nitrogens with zero attached hydrogens (tertiary/aromatic N) is 1. The Bertz CT molecular complexity index is 1060. The molecule has 0 spiro atoms. The summed E-state index contributed by atoms with van der Waals surface area (Å²) in [6.45, 7) is 5.21. The van der Waals surface area contributed by atoms with E-state index < -0.39 is 23.6 Å². The number of carbonyl (C=O) groups excluding carboxylic acids is 2. The van der Waals surface area contributed by atoms with Crippen LogP contribution in [0.1, 0.15) is 50.2 Å². The van der Waals surface area contributed by atoms with Crippen LogP contribution in [0.15, 0.2) is 48.5 Å². The lowest BCUT2D eigenvalue weighted by Gasteiger charge is -2.45. The molecule has 1 fully saturated rings. The van der Waals surface area contributed by atoms with Gasteiger partial charge in [0.1, 0.15) is 12.6 Å². The number of hydrogen-bond donors (Lipinski definition) is 2. The van der Waals surface area contributed by atoms with E-state index in [9.17, 15) is 19.5 Å². The molecule has 0 saturated carbocycles. The first-order valence-electron chi connectivity index (χ1n) is 12.1. The summed E-state index contributed by atoms with van der Waals surface area (Å²) in [5.41, 5.74) is 3.91. The molecular formula is C27H32N2O6. The molecule has 2 aromatic carbocycles. The van der Waals surface area contributed by atoms with Gasteiger partial charge in [0.15, 0.2) is 0 Å². The van der Waals surface area contributed by atoms with Gasteiger partial charge in [-0.2, -0.15) is 0 Å². The van der Waals surface area contributed by atoms with Crippen LogP contribution in [0.5, 0.6) is 0 Å². The second-order valence-corrected chi connectivity index (χ2v) is 9.35. The minimum Gasteiger partial charge on any atom is -0.481 e. The zero-order valence-corrected chi connectivity index (χ0v) is 20.2. The van der Waals surface area contributed by atoms with Crippen LogP contribution in [-0.4, -0.2) is 65.9 Å². The van der Waals surface area contributed by atoms with Crippen molar-refractivity contribution in [1.82, 2.24) is 10.2 Å². The van der Waals surface area contributed by atoms with Crippen LogP contribution in [0, 0.1) is 0 Å². The number of aliphatic carboxylic acids is 1. The minimum atomic E-state index is -1.03. The number of carboxylic acids is 1. The molecule has 4 rings (SSSR count). The molecule has 1 saturated heterocycles. The van der Waals surface area contributed by atoms with Gasteiger partial charge in [-0.15, -0.1) is 0 Å². The molecule has 35 heavy (non-hydrogen) atoms. The Labute approximate surface area is 205 Å². The number of ether oxygens (including phenoxy) is 2. The van der Waals surface area contributed by atoms with E-state index in [2.05, 4.69) is 17.4 Å². The Morgan fingerprint density at radius 2 is 1.77 bits per heavy atom. The summed E-state index contributed by atoms with van der Waals surface area (Å²) in [7, 11) is 0. The van der Waals surface area contributed by atoms with Gasteiger partial charge in [-0.25, -0.2) is 4.79 Å². The molecular weight excluding hydrogens is 448 g/mol. The molecule has 186 valence electrons. The minimum absolute atomic E-state index is 0.0183. The number of carbonyl (C=O) groups is 3. The molecule has 2 N–H and O–H groups in total. The Balaban J connectivity index is 1.46. The van der Waals surface area contributed by atoms with Gasteiger partial charge in [0.25, 0.3) is 0 Å². The molecule has 0 aromatic heterocycles. The van der Waals surface area contributed by atoms with E-state index in [1.54, 1.807) is 4.90 Å². The molecule has 2 aliphatic rings. The monoisotopic (exact) mass is 480 g/mol. The highest BCUT2D eigenvalue weighted by Gasteiger charge is 2.40. The van der Waals surface area contributed by atoms with E-state index in [-0.39, 0.29) is 31.3 Å².